The van der Waals surface area contributed by atoms with E-state index in [9.17, 15) is 9.90 Å². The molecule has 5 rings (SSSR count). The molecular formula is C21H21NO7. The summed E-state index contributed by atoms with van der Waals surface area (Å²) >= 11 is 0. The number of likely N-dealkylation sites (N-methyl/N-ethyl adjacent to an activating group) is 1. The Balaban J connectivity index is 1.53. The predicted molar refractivity (Wildman–Crippen MR) is 101 cm³/mol. The van der Waals surface area contributed by atoms with Crippen LogP contribution >= 0.6 is 0 Å². The van der Waals surface area contributed by atoms with Crippen LogP contribution in [-0.2, 0) is 11.2 Å². The van der Waals surface area contributed by atoms with Crippen LogP contribution in [0, 0.1) is 0 Å². The standard InChI is InChI=1S/C21H21NO7/c1-22(2)6-5-11-7-15-16(27-9-26-15)8-13(11)18(23)19-12-3-4-14-20(28-10-25-14)17(12)21(24)29-19/h3-4,7-8,18-19,23H,5-6,9-10H2,1-2H3/t18-,19+/m1/s1. The van der Waals surface area contributed by atoms with E-state index in [0.717, 1.165) is 12.1 Å². The van der Waals surface area contributed by atoms with Gasteiger partial charge in [-0.2, -0.15) is 0 Å². The first kappa shape index (κ1) is 18.1. The van der Waals surface area contributed by atoms with Crippen LogP contribution in [0.15, 0.2) is 24.3 Å². The summed E-state index contributed by atoms with van der Waals surface area (Å²) in [5, 5.41) is 11.3. The highest BCUT2D eigenvalue weighted by molar-refractivity contribution is 5.98. The zero-order valence-corrected chi connectivity index (χ0v) is 16.1. The summed E-state index contributed by atoms with van der Waals surface area (Å²) in [5.41, 5.74) is 2.47. The molecule has 0 saturated heterocycles. The molecule has 0 radical (unpaired) electrons. The number of ether oxygens (including phenoxy) is 5. The van der Waals surface area contributed by atoms with Crippen molar-refractivity contribution in [3.05, 3.63) is 46.5 Å². The minimum Gasteiger partial charge on any atom is -0.454 e. The van der Waals surface area contributed by atoms with Gasteiger partial charge in [-0.05, 0) is 49.8 Å². The molecule has 2 aromatic rings. The molecule has 3 aliphatic rings. The molecule has 0 bridgehead atoms. The van der Waals surface area contributed by atoms with Crippen molar-refractivity contribution in [1.82, 2.24) is 4.90 Å². The Morgan fingerprint density at radius 2 is 1.79 bits per heavy atom. The van der Waals surface area contributed by atoms with Crippen LogP contribution in [0.3, 0.4) is 0 Å². The number of hydrogen-bond acceptors (Lipinski definition) is 8. The van der Waals surface area contributed by atoms with Crippen molar-refractivity contribution in [3.63, 3.8) is 0 Å². The third-order valence-electron chi connectivity index (χ3n) is 5.38. The Labute approximate surface area is 167 Å². The number of esters is 1. The fourth-order valence-electron chi connectivity index (χ4n) is 3.91. The van der Waals surface area contributed by atoms with Gasteiger partial charge in [0.15, 0.2) is 29.1 Å². The van der Waals surface area contributed by atoms with Crippen molar-refractivity contribution in [3.8, 4) is 23.0 Å². The van der Waals surface area contributed by atoms with Crippen LogP contribution in [-0.4, -0.2) is 50.2 Å². The van der Waals surface area contributed by atoms with Gasteiger partial charge < -0.3 is 33.7 Å². The van der Waals surface area contributed by atoms with E-state index in [0.29, 0.717) is 46.1 Å². The van der Waals surface area contributed by atoms with Gasteiger partial charge in [0.05, 0.1) is 0 Å². The smallest absolute Gasteiger partial charge is 0.343 e. The van der Waals surface area contributed by atoms with E-state index in [1.807, 2.05) is 20.2 Å². The highest BCUT2D eigenvalue weighted by Crippen LogP contribution is 2.49. The normalized spacial score (nSPS) is 19.4. The number of cyclic esters (lactones) is 1. The number of fused-ring (bicyclic) bond motifs is 4. The van der Waals surface area contributed by atoms with Gasteiger partial charge in [0, 0.05) is 12.1 Å². The lowest BCUT2D eigenvalue weighted by molar-refractivity contribution is -0.0106. The minimum atomic E-state index is -1.06. The summed E-state index contributed by atoms with van der Waals surface area (Å²) in [6.07, 6.45) is -1.21. The first-order valence-electron chi connectivity index (χ1n) is 9.41. The number of benzene rings is 2. The molecule has 0 saturated carbocycles. The van der Waals surface area contributed by atoms with Gasteiger partial charge in [0.2, 0.25) is 13.6 Å². The molecule has 8 nitrogen and oxygen atoms in total. The predicted octanol–water partition coefficient (Wildman–Crippen LogP) is 2.19. The van der Waals surface area contributed by atoms with Crippen molar-refractivity contribution in [1.29, 1.82) is 0 Å². The average molecular weight is 399 g/mol. The van der Waals surface area contributed by atoms with Gasteiger partial charge in [0.25, 0.3) is 0 Å². The second-order valence-corrected chi connectivity index (χ2v) is 7.49. The van der Waals surface area contributed by atoms with E-state index < -0.39 is 18.2 Å². The maximum Gasteiger partial charge on any atom is 0.343 e. The summed E-state index contributed by atoms with van der Waals surface area (Å²) in [6, 6.07) is 7.14. The number of hydrogen-bond donors (Lipinski definition) is 1. The lowest BCUT2D eigenvalue weighted by atomic mass is 9.91. The van der Waals surface area contributed by atoms with Crippen LogP contribution in [0.4, 0.5) is 0 Å². The van der Waals surface area contributed by atoms with Crippen LogP contribution < -0.4 is 18.9 Å². The first-order chi connectivity index (χ1) is 14.0. The molecule has 0 amide bonds. The number of carbonyl (C=O) groups is 1. The fourth-order valence-corrected chi connectivity index (χ4v) is 3.91. The van der Waals surface area contributed by atoms with Gasteiger partial charge in [-0.3, -0.25) is 0 Å². The number of aliphatic hydroxyl groups excluding tert-OH is 1. The molecule has 2 atom stereocenters. The lowest BCUT2D eigenvalue weighted by Gasteiger charge is -2.22. The molecule has 0 spiro atoms. The summed E-state index contributed by atoms with van der Waals surface area (Å²) < 4.78 is 27.4. The summed E-state index contributed by atoms with van der Waals surface area (Å²) in [4.78, 5) is 14.6. The Bertz CT molecular complexity index is 987. The van der Waals surface area contributed by atoms with Crippen molar-refractivity contribution >= 4 is 5.97 Å². The van der Waals surface area contributed by atoms with Crippen molar-refractivity contribution in [2.75, 3.05) is 34.2 Å². The molecular weight excluding hydrogens is 378 g/mol. The SMILES string of the molecule is CN(C)CCc1cc2c(cc1[C@@H](O)[C@H]1OC(=O)c3c1ccc1c3OCO1)OCO2. The molecule has 152 valence electrons. The van der Waals surface area contributed by atoms with Gasteiger partial charge >= 0.3 is 5.97 Å². The van der Waals surface area contributed by atoms with E-state index in [1.54, 1.807) is 18.2 Å². The monoisotopic (exact) mass is 399 g/mol. The largest absolute Gasteiger partial charge is 0.454 e. The third-order valence-corrected chi connectivity index (χ3v) is 5.38. The van der Waals surface area contributed by atoms with E-state index in [2.05, 4.69) is 4.90 Å². The topological polar surface area (TPSA) is 86.7 Å². The molecule has 3 heterocycles. The van der Waals surface area contributed by atoms with Crippen molar-refractivity contribution in [2.45, 2.75) is 18.6 Å². The van der Waals surface area contributed by atoms with Crippen molar-refractivity contribution in [2.24, 2.45) is 0 Å². The molecule has 3 aliphatic heterocycles. The van der Waals surface area contributed by atoms with E-state index in [1.165, 1.54) is 0 Å². The Morgan fingerprint density at radius 1 is 1.07 bits per heavy atom. The van der Waals surface area contributed by atoms with Gasteiger partial charge in [-0.1, -0.05) is 6.07 Å². The summed E-state index contributed by atoms with van der Waals surface area (Å²) in [7, 11) is 3.97. The zero-order chi connectivity index (χ0) is 20.1. The second-order valence-electron chi connectivity index (χ2n) is 7.49. The maximum atomic E-state index is 12.5. The fraction of sp³-hybridized carbons (Fsp3) is 0.381. The van der Waals surface area contributed by atoms with Crippen LogP contribution in [0.25, 0.3) is 0 Å². The van der Waals surface area contributed by atoms with Crippen LogP contribution in [0.2, 0.25) is 0 Å². The molecule has 0 aliphatic carbocycles. The lowest BCUT2D eigenvalue weighted by Crippen LogP contribution is -2.18. The third kappa shape index (κ3) is 2.95. The van der Waals surface area contributed by atoms with E-state index in [4.69, 9.17) is 23.7 Å². The molecule has 0 fully saturated rings. The van der Waals surface area contributed by atoms with Gasteiger partial charge in [-0.25, -0.2) is 4.79 Å². The molecule has 29 heavy (non-hydrogen) atoms. The van der Waals surface area contributed by atoms with E-state index in [-0.39, 0.29) is 13.6 Å². The number of aliphatic hydroxyl groups is 1. The van der Waals surface area contributed by atoms with Gasteiger partial charge in [-0.15, -0.1) is 0 Å². The highest BCUT2D eigenvalue weighted by Gasteiger charge is 2.42. The number of nitrogens with zero attached hydrogens (tertiary/aromatic N) is 1. The quantitative estimate of drug-likeness (QED) is 0.766. The summed E-state index contributed by atoms with van der Waals surface area (Å²) in [5.74, 6) is 1.58. The average Bonchev–Trinajstić information content (AvgIpc) is 3.42. The molecule has 0 aromatic heterocycles. The zero-order valence-electron chi connectivity index (χ0n) is 16.1. The minimum absolute atomic E-state index is 0.0587. The van der Waals surface area contributed by atoms with Crippen molar-refractivity contribution < 1.29 is 33.6 Å². The molecule has 2 aromatic carbocycles. The Hall–Kier alpha value is -2.97. The van der Waals surface area contributed by atoms with Gasteiger partial charge in [0.1, 0.15) is 11.7 Å². The molecule has 0 unspecified atom stereocenters. The maximum absolute atomic E-state index is 12.5. The second kappa shape index (κ2) is 6.82. The summed E-state index contributed by atoms with van der Waals surface area (Å²) in [6.45, 7) is 0.995. The van der Waals surface area contributed by atoms with Crippen LogP contribution in [0.5, 0.6) is 23.0 Å². The molecule has 1 N–H and O–H groups in total. The first-order valence-corrected chi connectivity index (χ1v) is 9.41. The molecule has 8 heteroatoms. The van der Waals surface area contributed by atoms with Crippen LogP contribution in [0.1, 0.15) is 39.3 Å². The highest BCUT2D eigenvalue weighted by atomic mass is 16.7. The Kier molecular flexibility index (Phi) is 4.25. The number of rotatable bonds is 5. The van der Waals surface area contributed by atoms with E-state index >= 15 is 0 Å². The Morgan fingerprint density at radius 3 is 2.59 bits per heavy atom. The number of carbonyl (C=O) groups excluding carboxylic acids is 1.